The second kappa shape index (κ2) is 8.02. The Balaban J connectivity index is 1.82. The molecule has 1 aliphatic heterocycles. The first-order chi connectivity index (χ1) is 12.5. The van der Waals surface area contributed by atoms with E-state index in [1.165, 1.54) is 0 Å². The molecule has 142 valence electrons. The number of anilines is 1. The van der Waals surface area contributed by atoms with Gasteiger partial charge in [-0.2, -0.15) is 0 Å². The summed E-state index contributed by atoms with van der Waals surface area (Å²) in [5.41, 5.74) is 1.33. The first-order valence-electron chi connectivity index (χ1n) is 8.22. The molecular formula is C16H21N3O6S. The van der Waals surface area contributed by atoms with Crippen molar-refractivity contribution in [2.45, 2.75) is 6.54 Å². The second-order valence-electron chi connectivity index (χ2n) is 5.98. The van der Waals surface area contributed by atoms with Gasteiger partial charge in [-0.1, -0.05) is 0 Å². The summed E-state index contributed by atoms with van der Waals surface area (Å²) in [5, 5.41) is 8.92. The minimum atomic E-state index is -1.25. The van der Waals surface area contributed by atoms with E-state index in [0.717, 1.165) is 24.2 Å². The number of morpholine rings is 1. The zero-order valence-corrected chi connectivity index (χ0v) is 15.2. The predicted octanol–water partition coefficient (Wildman–Crippen LogP) is 0.111. The third-order valence-electron chi connectivity index (χ3n) is 4.27. The van der Waals surface area contributed by atoms with Gasteiger partial charge < -0.3 is 14.3 Å². The molecule has 2 aromatic rings. The van der Waals surface area contributed by atoms with Gasteiger partial charge in [0, 0.05) is 38.5 Å². The molecule has 0 radical (unpaired) electrons. The number of carboxylic acids is 1. The summed E-state index contributed by atoms with van der Waals surface area (Å²) < 4.78 is 25.5. The number of hydrogen-bond acceptors (Lipinski definition) is 6. The Bertz CT molecular complexity index is 870. The van der Waals surface area contributed by atoms with E-state index in [4.69, 9.17) is 14.3 Å². The Hall–Kier alpha value is -2.17. The van der Waals surface area contributed by atoms with Crippen LogP contribution in [-0.2, 0) is 27.1 Å². The molecule has 10 heteroatoms. The topological polar surface area (TPSA) is 105 Å². The molecular weight excluding hydrogens is 362 g/mol. The number of oxazole rings is 1. The van der Waals surface area contributed by atoms with Gasteiger partial charge in [-0.25, -0.2) is 9.00 Å². The van der Waals surface area contributed by atoms with Crippen LogP contribution in [0.2, 0.25) is 0 Å². The Morgan fingerprint density at radius 3 is 2.73 bits per heavy atom. The van der Waals surface area contributed by atoms with E-state index >= 15 is 0 Å². The maximum absolute atomic E-state index is 12.2. The molecule has 0 amide bonds. The standard InChI is InChI=1S/C16H21N3O6S/c1-26(23)19(5-4-17-6-8-24-9-7-17)12-2-3-13-14(10-12)25-16(22)18(13)11-15(20)21/h2-3,10H,4-9,11H2,1H3,(H,20,21). The molecule has 1 N–H and O–H groups in total. The molecule has 1 aliphatic rings. The molecule has 1 saturated heterocycles. The van der Waals surface area contributed by atoms with Gasteiger partial charge in [0.2, 0.25) is 0 Å². The smallest absolute Gasteiger partial charge is 0.420 e. The SMILES string of the molecule is CS(=O)N(CCN1CCOCC1)c1ccc2c(c1)oc(=O)n2CC(=O)O. The third kappa shape index (κ3) is 4.14. The van der Waals surface area contributed by atoms with E-state index < -0.39 is 29.3 Å². The Morgan fingerprint density at radius 2 is 2.08 bits per heavy atom. The van der Waals surface area contributed by atoms with Crippen molar-refractivity contribution >= 4 is 33.7 Å². The number of carbonyl (C=O) groups is 1. The lowest BCUT2D eigenvalue weighted by molar-refractivity contribution is -0.137. The number of carboxylic acid groups (broad SMARTS) is 1. The van der Waals surface area contributed by atoms with E-state index in [1.807, 2.05) is 0 Å². The fourth-order valence-electron chi connectivity index (χ4n) is 2.96. The molecule has 2 heterocycles. The van der Waals surface area contributed by atoms with Crippen LogP contribution >= 0.6 is 0 Å². The number of rotatable bonds is 7. The largest absolute Gasteiger partial charge is 0.480 e. The van der Waals surface area contributed by atoms with Crippen molar-refractivity contribution in [3.63, 3.8) is 0 Å². The zero-order valence-electron chi connectivity index (χ0n) is 14.4. The molecule has 0 saturated carbocycles. The molecule has 0 spiro atoms. The molecule has 3 rings (SSSR count). The molecule has 26 heavy (non-hydrogen) atoms. The van der Waals surface area contributed by atoms with Crippen LogP contribution in [0.5, 0.6) is 0 Å². The van der Waals surface area contributed by atoms with Gasteiger partial charge in [-0.15, -0.1) is 0 Å². The molecule has 1 aromatic carbocycles. The molecule has 1 fully saturated rings. The number of benzene rings is 1. The number of ether oxygens (including phenoxy) is 1. The fraction of sp³-hybridized carbons (Fsp3) is 0.500. The molecule has 9 nitrogen and oxygen atoms in total. The quantitative estimate of drug-likeness (QED) is 0.723. The molecule has 1 unspecified atom stereocenters. The van der Waals surface area contributed by atoms with E-state index in [1.54, 1.807) is 28.8 Å². The zero-order chi connectivity index (χ0) is 18.7. The van der Waals surface area contributed by atoms with Crippen molar-refractivity contribution < 1.29 is 23.3 Å². The van der Waals surface area contributed by atoms with Crippen molar-refractivity contribution in [2.24, 2.45) is 0 Å². The second-order valence-corrected chi connectivity index (χ2v) is 7.27. The first-order valence-corrected chi connectivity index (χ1v) is 9.73. The van der Waals surface area contributed by atoms with Gasteiger partial charge in [-0.3, -0.25) is 18.6 Å². The Kier molecular flexibility index (Phi) is 5.74. The van der Waals surface area contributed by atoms with Crippen LogP contribution in [0, 0.1) is 0 Å². The maximum Gasteiger partial charge on any atom is 0.420 e. The van der Waals surface area contributed by atoms with Gasteiger partial charge in [0.25, 0.3) is 0 Å². The highest BCUT2D eigenvalue weighted by molar-refractivity contribution is 7.85. The first kappa shape index (κ1) is 18.6. The van der Waals surface area contributed by atoms with Gasteiger partial charge >= 0.3 is 11.7 Å². The lowest BCUT2D eigenvalue weighted by atomic mass is 10.2. The number of fused-ring (bicyclic) bond motifs is 1. The van der Waals surface area contributed by atoms with Crippen LogP contribution in [0.1, 0.15) is 0 Å². The van der Waals surface area contributed by atoms with Crippen LogP contribution in [0.25, 0.3) is 11.1 Å². The van der Waals surface area contributed by atoms with Crippen molar-refractivity contribution in [3.8, 4) is 0 Å². The molecule has 1 atom stereocenters. The highest BCUT2D eigenvalue weighted by Crippen LogP contribution is 2.23. The number of aliphatic carboxylic acids is 1. The summed E-state index contributed by atoms with van der Waals surface area (Å²) in [5.74, 6) is -1.85. The van der Waals surface area contributed by atoms with Crippen LogP contribution in [0.3, 0.4) is 0 Å². The van der Waals surface area contributed by atoms with E-state index in [-0.39, 0.29) is 5.58 Å². The van der Waals surface area contributed by atoms with Crippen molar-refractivity contribution in [1.29, 1.82) is 0 Å². The van der Waals surface area contributed by atoms with Gasteiger partial charge in [-0.05, 0) is 12.1 Å². The van der Waals surface area contributed by atoms with Gasteiger partial charge in [0.1, 0.15) is 17.5 Å². The van der Waals surface area contributed by atoms with Crippen LogP contribution in [-0.4, -0.2) is 70.4 Å². The maximum atomic E-state index is 12.2. The summed E-state index contributed by atoms with van der Waals surface area (Å²) in [6, 6.07) is 4.96. The Labute approximate surface area is 152 Å². The van der Waals surface area contributed by atoms with Crippen LogP contribution < -0.4 is 10.1 Å². The van der Waals surface area contributed by atoms with E-state index in [9.17, 15) is 13.8 Å². The lowest BCUT2D eigenvalue weighted by Crippen LogP contribution is -2.41. The molecule has 0 aliphatic carbocycles. The lowest BCUT2D eigenvalue weighted by Gasteiger charge is -2.29. The highest BCUT2D eigenvalue weighted by atomic mass is 32.2. The van der Waals surface area contributed by atoms with E-state index in [2.05, 4.69) is 4.90 Å². The van der Waals surface area contributed by atoms with Crippen LogP contribution in [0.4, 0.5) is 5.69 Å². The highest BCUT2D eigenvalue weighted by Gasteiger charge is 2.18. The minimum absolute atomic E-state index is 0.274. The van der Waals surface area contributed by atoms with Crippen molar-refractivity contribution in [3.05, 3.63) is 28.7 Å². The summed E-state index contributed by atoms with van der Waals surface area (Å²) in [6.45, 7) is 3.91. The minimum Gasteiger partial charge on any atom is -0.480 e. The summed E-state index contributed by atoms with van der Waals surface area (Å²) in [4.78, 5) is 25.0. The number of nitrogens with zero attached hydrogens (tertiary/aromatic N) is 3. The van der Waals surface area contributed by atoms with E-state index in [0.29, 0.717) is 31.0 Å². The average Bonchev–Trinajstić information content (AvgIpc) is 2.90. The molecule has 0 bridgehead atoms. The molecule has 1 aromatic heterocycles. The van der Waals surface area contributed by atoms with Crippen LogP contribution in [0.15, 0.2) is 27.4 Å². The number of aromatic nitrogens is 1. The third-order valence-corrected chi connectivity index (χ3v) is 5.28. The Morgan fingerprint density at radius 1 is 1.35 bits per heavy atom. The summed E-state index contributed by atoms with van der Waals surface area (Å²) in [7, 11) is -1.25. The number of hydrogen-bond donors (Lipinski definition) is 1. The summed E-state index contributed by atoms with van der Waals surface area (Å²) >= 11 is 0. The monoisotopic (exact) mass is 383 g/mol. The normalized spacial score (nSPS) is 16.7. The van der Waals surface area contributed by atoms with Gasteiger partial charge in [0.15, 0.2) is 5.58 Å². The summed E-state index contributed by atoms with van der Waals surface area (Å²) in [6.07, 6.45) is 1.59. The van der Waals surface area contributed by atoms with Crippen molar-refractivity contribution in [2.75, 3.05) is 50.0 Å². The van der Waals surface area contributed by atoms with Gasteiger partial charge in [0.05, 0.1) is 24.4 Å². The predicted molar refractivity (Wildman–Crippen MR) is 96.8 cm³/mol. The average molecular weight is 383 g/mol. The fourth-order valence-corrected chi connectivity index (χ4v) is 3.71. The van der Waals surface area contributed by atoms with Crippen molar-refractivity contribution in [1.82, 2.24) is 9.47 Å².